The van der Waals surface area contributed by atoms with Crippen LogP contribution in [0, 0.1) is 26.2 Å². The molecule has 1 N–H and O–H groups in total. The highest BCUT2D eigenvalue weighted by atomic mass is 79.9. The van der Waals surface area contributed by atoms with Gasteiger partial charge < -0.3 is 10.1 Å². The summed E-state index contributed by atoms with van der Waals surface area (Å²) in [7, 11) is 1.66. The molecule has 0 saturated heterocycles. The summed E-state index contributed by atoms with van der Waals surface area (Å²) in [6.07, 6.45) is 5.40. The Bertz CT molecular complexity index is 807. The largest absolute Gasteiger partial charge is 0.457 e. The van der Waals surface area contributed by atoms with Gasteiger partial charge in [0.05, 0.1) is 0 Å². The van der Waals surface area contributed by atoms with Crippen molar-refractivity contribution in [1.82, 2.24) is 0 Å². The van der Waals surface area contributed by atoms with Crippen molar-refractivity contribution in [3.8, 4) is 23.8 Å². The van der Waals surface area contributed by atoms with Crippen LogP contribution in [0.1, 0.15) is 11.1 Å². The molecule has 0 saturated carbocycles. The van der Waals surface area contributed by atoms with E-state index in [1.54, 1.807) is 7.05 Å². The number of amidine groups is 1. The summed E-state index contributed by atoms with van der Waals surface area (Å²) < 4.78 is 7.92. The molecule has 0 spiro atoms. The number of hydrogen-bond donors (Lipinski definition) is 1. The quantitative estimate of drug-likeness (QED) is 0.381. The third-order valence-corrected chi connectivity index (χ3v) is 5.13. The van der Waals surface area contributed by atoms with Gasteiger partial charge in [-0.1, -0.05) is 0 Å². The molecule has 118 valence electrons. The Hall–Kier alpha value is -1.77. The third-order valence-electron chi connectivity index (χ3n) is 3.25. The first kappa shape index (κ1) is 17.6. The lowest BCUT2D eigenvalue weighted by molar-refractivity contribution is 0.478. The summed E-state index contributed by atoms with van der Waals surface area (Å²) in [5, 5.41) is 3.14. The minimum atomic E-state index is 0.498. The van der Waals surface area contributed by atoms with E-state index < -0.39 is 0 Å². The van der Waals surface area contributed by atoms with E-state index in [1.807, 2.05) is 44.2 Å². The molecule has 2 aromatic rings. The fraction of sp³-hybridized carbons (Fsp3) is 0.167. The molecule has 0 heterocycles. The van der Waals surface area contributed by atoms with Gasteiger partial charge in [0.15, 0.2) is 5.84 Å². The number of hydrogen-bond acceptors (Lipinski definition) is 2. The van der Waals surface area contributed by atoms with Crippen molar-refractivity contribution in [3.05, 3.63) is 50.4 Å². The van der Waals surface area contributed by atoms with Crippen molar-refractivity contribution in [2.75, 3.05) is 12.4 Å². The summed E-state index contributed by atoms with van der Waals surface area (Å²) in [6.45, 7) is 3.99. The first-order valence-corrected chi connectivity index (χ1v) is 8.47. The fourth-order valence-electron chi connectivity index (χ4n) is 1.99. The van der Waals surface area contributed by atoms with Gasteiger partial charge in [-0.15, -0.1) is 6.42 Å². The van der Waals surface area contributed by atoms with Gasteiger partial charge in [0.2, 0.25) is 0 Å². The smallest absolute Gasteiger partial charge is 0.177 e. The van der Waals surface area contributed by atoms with Gasteiger partial charge in [0, 0.05) is 21.7 Å². The number of rotatable bonds is 3. The number of aryl methyl sites for hydroxylation is 2. The molecule has 0 aromatic heterocycles. The Labute approximate surface area is 153 Å². The molecule has 2 aromatic carbocycles. The van der Waals surface area contributed by atoms with Crippen LogP contribution in [0.4, 0.5) is 5.69 Å². The maximum Gasteiger partial charge on any atom is 0.177 e. The molecule has 0 aliphatic carbocycles. The Morgan fingerprint density at radius 1 is 1.13 bits per heavy atom. The molecule has 0 radical (unpaired) electrons. The molecule has 0 aliphatic rings. The number of terminal acetylenes is 1. The lowest BCUT2D eigenvalue weighted by Gasteiger charge is -2.14. The summed E-state index contributed by atoms with van der Waals surface area (Å²) in [4.78, 5) is 4.01. The van der Waals surface area contributed by atoms with Crippen LogP contribution in [0.25, 0.3) is 0 Å². The molecule has 2 rings (SSSR count). The molecule has 0 unspecified atom stereocenters. The van der Waals surface area contributed by atoms with Crippen molar-refractivity contribution in [1.29, 1.82) is 0 Å². The van der Waals surface area contributed by atoms with Gasteiger partial charge in [-0.25, -0.2) is 0 Å². The van der Waals surface area contributed by atoms with Gasteiger partial charge in [-0.2, -0.15) is 0 Å². The first-order valence-electron chi connectivity index (χ1n) is 6.89. The second-order valence-corrected chi connectivity index (χ2v) is 6.66. The number of benzene rings is 2. The van der Waals surface area contributed by atoms with Crippen LogP contribution in [-0.2, 0) is 0 Å². The number of halogens is 2. The zero-order valence-corrected chi connectivity index (χ0v) is 16.2. The van der Waals surface area contributed by atoms with E-state index in [4.69, 9.17) is 11.2 Å². The molecule has 0 amide bonds. The van der Waals surface area contributed by atoms with Crippen LogP contribution >= 0.6 is 31.9 Å². The van der Waals surface area contributed by atoms with Gasteiger partial charge >= 0.3 is 0 Å². The highest BCUT2D eigenvalue weighted by Gasteiger charge is 2.09. The Balaban J connectivity index is 2.29. The van der Waals surface area contributed by atoms with Gasteiger partial charge in [0.25, 0.3) is 0 Å². The van der Waals surface area contributed by atoms with Crippen LogP contribution in [0.5, 0.6) is 11.5 Å². The van der Waals surface area contributed by atoms with E-state index in [9.17, 15) is 0 Å². The van der Waals surface area contributed by atoms with Crippen molar-refractivity contribution < 1.29 is 4.74 Å². The van der Waals surface area contributed by atoms with Crippen LogP contribution in [0.3, 0.4) is 0 Å². The number of nitrogens with zero attached hydrogens (tertiary/aromatic N) is 1. The molecule has 0 fully saturated rings. The van der Waals surface area contributed by atoms with Crippen molar-refractivity contribution in [2.24, 2.45) is 4.99 Å². The Morgan fingerprint density at radius 2 is 1.87 bits per heavy atom. The van der Waals surface area contributed by atoms with Crippen molar-refractivity contribution >= 4 is 43.4 Å². The minimum Gasteiger partial charge on any atom is -0.457 e. The van der Waals surface area contributed by atoms with Crippen LogP contribution in [0.2, 0.25) is 0 Å². The maximum atomic E-state index is 5.99. The third kappa shape index (κ3) is 4.37. The average Bonchev–Trinajstić information content (AvgIpc) is 2.52. The molecular formula is C18H16Br2N2O. The molecular weight excluding hydrogens is 420 g/mol. The topological polar surface area (TPSA) is 33.6 Å². The maximum absolute atomic E-state index is 5.99. The average molecular weight is 436 g/mol. The molecule has 23 heavy (non-hydrogen) atoms. The lowest BCUT2D eigenvalue weighted by Crippen LogP contribution is -2.10. The molecule has 5 heteroatoms. The summed E-state index contributed by atoms with van der Waals surface area (Å²) in [6, 6.07) is 9.76. The van der Waals surface area contributed by atoms with Crippen LogP contribution < -0.4 is 10.1 Å². The number of aliphatic imine (C=N–C) groups is 1. The van der Waals surface area contributed by atoms with E-state index in [0.717, 1.165) is 37.3 Å². The molecule has 3 nitrogen and oxygen atoms in total. The summed E-state index contributed by atoms with van der Waals surface area (Å²) in [5.41, 5.74) is 2.95. The molecule has 0 bridgehead atoms. The number of nitrogens with one attached hydrogen (secondary N) is 1. The normalized spacial score (nSPS) is 11.0. The van der Waals surface area contributed by atoms with E-state index in [2.05, 4.69) is 48.1 Å². The van der Waals surface area contributed by atoms with E-state index in [-0.39, 0.29) is 0 Å². The van der Waals surface area contributed by atoms with Crippen LogP contribution in [0.15, 0.2) is 44.3 Å². The Morgan fingerprint density at radius 3 is 2.48 bits per heavy atom. The monoisotopic (exact) mass is 434 g/mol. The zero-order valence-electron chi connectivity index (χ0n) is 13.1. The molecule has 0 atom stereocenters. The number of anilines is 1. The summed E-state index contributed by atoms with van der Waals surface area (Å²) >= 11 is 6.93. The fourth-order valence-corrected chi connectivity index (χ4v) is 2.59. The molecule has 0 aliphatic heterocycles. The summed E-state index contributed by atoms with van der Waals surface area (Å²) in [5.74, 6) is 4.58. The first-order chi connectivity index (χ1) is 10.9. The van der Waals surface area contributed by atoms with Gasteiger partial charge in [-0.05, 0) is 93.1 Å². The number of ether oxygens (including phenoxy) is 1. The minimum absolute atomic E-state index is 0.498. The predicted octanol–water partition coefficient (Wildman–Crippen LogP) is 5.69. The lowest BCUT2D eigenvalue weighted by atomic mass is 10.1. The van der Waals surface area contributed by atoms with Crippen molar-refractivity contribution in [2.45, 2.75) is 13.8 Å². The second kappa shape index (κ2) is 7.67. The van der Waals surface area contributed by atoms with E-state index in [1.165, 1.54) is 0 Å². The standard InChI is InChI=1S/C18H16Br2N2O/c1-5-18(21-4)22-16-8-12(3)17(9-11(16)2)23-13-6-7-14(19)15(20)10-13/h1,6-10H,2-4H3,(H,21,22). The van der Waals surface area contributed by atoms with Crippen molar-refractivity contribution in [3.63, 3.8) is 0 Å². The highest BCUT2D eigenvalue weighted by molar-refractivity contribution is 9.13. The second-order valence-electron chi connectivity index (χ2n) is 4.95. The zero-order chi connectivity index (χ0) is 17.0. The van der Waals surface area contributed by atoms with Crippen LogP contribution in [-0.4, -0.2) is 12.9 Å². The predicted molar refractivity (Wildman–Crippen MR) is 104 cm³/mol. The van der Waals surface area contributed by atoms with E-state index >= 15 is 0 Å². The van der Waals surface area contributed by atoms with Gasteiger partial charge in [-0.3, -0.25) is 4.99 Å². The SMILES string of the molecule is C#CC(=NC)Nc1cc(C)c(Oc2ccc(Br)c(Br)c2)cc1C. The highest BCUT2D eigenvalue weighted by Crippen LogP contribution is 2.33. The van der Waals surface area contributed by atoms with Gasteiger partial charge in [0.1, 0.15) is 11.5 Å². The Kier molecular flexibility index (Phi) is 5.86. The van der Waals surface area contributed by atoms with E-state index in [0.29, 0.717) is 5.84 Å².